The summed E-state index contributed by atoms with van der Waals surface area (Å²) in [6, 6.07) is 48.2. The molecule has 0 saturated carbocycles. The van der Waals surface area contributed by atoms with E-state index in [1.54, 1.807) is 6.08 Å². The van der Waals surface area contributed by atoms with E-state index in [9.17, 15) is 0 Å². The van der Waals surface area contributed by atoms with Crippen molar-refractivity contribution in [3.05, 3.63) is 164 Å². The lowest BCUT2D eigenvalue weighted by molar-refractivity contribution is 1.05. The van der Waals surface area contributed by atoms with Crippen LogP contribution < -0.4 is 0 Å². The molecular formula is C48H29N5. The number of pyridine rings is 1. The van der Waals surface area contributed by atoms with Crippen LogP contribution in [0.1, 0.15) is 11.4 Å². The summed E-state index contributed by atoms with van der Waals surface area (Å²) in [7, 11) is 0. The first-order valence-electron chi connectivity index (χ1n) is 17.9. The lowest BCUT2D eigenvalue weighted by Crippen LogP contribution is -1.99. The van der Waals surface area contributed by atoms with E-state index in [2.05, 4.69) is 136 Å². The fourth-order valence-electron chi connectivity index (χ4n) is 9.16. The van der Waals surface area contributed by atoms with Gasteiger partial charge in [-0.1, -0.05) is 79.9 Å². The molecule has 12 rings (SSSR count). The monoisotopic (exact) mass is 675 g/mol. The van der Waals surface area contributed by atoms with Crippen molar-refractivity contribution in [3.63, 3.8) is 0 Å². The molecule has 0 saturated heterocycles. The Labute approximate surface area is 303 Å². The molecule has 53 heavy (non-hydrogen) atoms. The number of hydrogen-bond donors (Lipinski definition) is 0. The summed E-state index contributed by atoms with van der Waals surface area (Å²) in [5, 5.41) is 12.8. The molecule has 0 unspecified atom stereocenters. The van der Waals surface area contributed by atoms with Crippen LogP contribution in [0.3, 0.4) is 0 Å². The molecule has 4 aromatic heterocycles. The van der Waals surface area contributed by atoms with Crippen molar-refractivity contribution in [1.29, 1.82) is 0 Å². The average molecular weight is 676 g/mol. The zero-order valence-corrected chi connectivity index (χ0v) is 28.6. The van der Waals surface area contributed by atoms with Crippen molar-refractivity contribution in [3.8, 4) is 28.6 Å². The van der Waals surface area contributed by atoms with Gasteiger partial charge in [-0.25, -0.2) is 9.97 Å². The normalized spacial score (nSPS) is 12.3. The summed E-state index contributed by atoms with van der Waals surface area (Å²) in [5.41, 5.74) is 9.77. The third kappa shape index (κ3) is 3.60. The number of para-hydroxylation sites is 1. The fourth-order valence-corrected chi connectivity index (χ4v) is 9.16. The molecule has 8 aromatic carbocycles. The smallest absolute Gasteiger partial charge is 0.145 e. The molecule has 0 spiro atoms. The zero-order valence-electron chi connectivity index (χ0n) is 28.6. The minimum absolute atomic E-state index is 0.813. The Kier molecular flexibility index (Phi) is 5.47. The summed E-state index contributed by atoms with van der Waals surface area (Å²) >= 11 is 0. The van der Waals surface area contributed by atoms with E-state index in [4.69, 9.17) is 9.97 Å². The van der Waals surface area contributed by atoms with E-state index < -0.39 is 0 Å². The van der Waals surface area contributed by atoms with Gasteiger partial charge in [0.25, 0.3) is 0 Å². The molecule has 0 atom stereocenters. The van der Waals surface area contributed by atoms with Crippen molar-refractivity contribution in [2.45, 2.75) is 0 Å². The van der Waals surface area contributed by atoms with Crippen molar-refractivity contribution >= 4 is 88.1 Å². The molecule has 0 fully saturated rings. The van der Waals surface area contributed by atoms with Crippen molar-refractivity contribution in [2.24, 2.45) is 0 Å². The van der Waals surface area contributed by atoms with Crippen molar-refractivity contribution in [2.75, 3.05) is 0 Å². The quantitative estimate of drug-likeness (QED) is 0.130. The highest BCUT2D eigenvalue weighted by atomic mass is 15.1. The van der Waals surface area contributed by atoms with E-state index in [0.29, 0.717) is 0 Å². The third-order valence-corrected chi connectivity index (χ3v) is 11.3. The van der Waals surface area contributed by atoms with Crippen LogP contribution in [0.2, 0.25) is 0 Å². The van der Waals surface area contributed by atoms with E-state index in [0.717, 1.165) is 45.4 Å². The number of imidazole rings is 1. The highest BCUT2D eigenvalue weighted by Crippen LogP contribution is 2.51. The van der Waals surface area contributed by atoms with Gasteiger partial charge in [0.15, 0.2) is 0 Å². The number of benzene rings is 8. The second kappa shape index (κ2) is 10.2. The molecule has 0 bridgehead atoms. The molecule has 5 heteroatoms. The van der Waals surface area contributed by atoms with Crippen LogP contribution in [0.15, 0.2) is 153 Å². The third-order valence-electron chi connectivity index (χ3n) is 11.3. The van der Waals surface area contributed by atoms with E-state index in [-0.39, 0.29) is 0 Å². The van der Waals surface area contributed by atoms with Gasteiger partial charge < -0.3 is 4.57 Å². The van der Waals surface area contributed by atoms with E-state index in [1.807, 2.05) is 36.5 Å². The second-order valence-electron chi connectivity index (χ2n) is 13.9. The zero-order chi connectivity index (χ0) is 34.9. The Bertz CT molecular complexity index is 3300. The van der Waals surface area contributed by atoms with Gasteiger partial charge in [-0.3, -0.25) is 9.13 Å². The average Bonchev–Trinajstić information content (AvgIpc) is 3.89. The minimum Gasteiger partial charge on any atom is -0.309 e. The highest BCUT2D eigenvalue weighted by molar-refractivity contribution is 6.45. The van der Waals surface area contributed by atoms with Crippen LogP contribution in [0.5, 0.6) is 0 Å². The Balaban J connectivity index is 1.09. The van der Waals surface area contributed by atoms with Crippen LogP contribution in [-0.2, 0) is 0 Å². The Hall–Kier alpha value is -7.24. The molecule has 0 aliphatic heterocycles. The van der Waals surface area contributed by atoms with Gasteiger partial charge in [0, 0.05) is 55.5 Å². The Morgan fingerprint density at radius 1 is 0.453 bits per heavy atom. The summed E-state index contributed by atoms with van der Waals surface area (Å²) in [5.74, 6) is 1.80. The van der Waals surface area contributed by atoms with Gasteiger partial charge in [-0.2, -0.15) is 0 Å². The summed E-state index contributed by atoms with van der Waals surface area (Å²) in [4.78, 5) is 9.82. The molecule has 0 aliphatic rings. The van der Waals surface area contributed by atoms with E-state index in [1.165, 1.54) is 70.5 Å². The SMILES string of the molecule is C=Cc1nc(-c2ccc3cc(-n4c5ccc6ccc7c8c6c5c5c6c(ccc54)ccc(c68)n7-c4ccccn4)ccc3c2)n(-c2ccccc2)c1C=C. The van der Waals surface area contributed by atoms with Crippen LogP contribution >= 0.6 is 0 Å². The topological polar surface area (TPSA) is 40.6 Å². The highest BCUT2D eigenvalue weighted by Gasteiger charge is 2.27. The summed E-state index contributed by atoms with van der Waals surface area (Å²) in [6.45, 7) is 8.14. The largest absolute Gasteiger partial charge is 0.309 e. The second-order valence-corrected chi connectivity index (χ2v) is 13.9. The molecule has 0 aliphatic carbocycles. The number of rotatable bonds is 6. The standard InChI is InChI=1S/C48H29N5/c1-3-35-36(4-2)52(33-10-6-5-7-11-33)48(50-35)32-14-13-31-27-34(20-15-30(31)26-32)51-37-21-16-28-18-23-39-46-42(28)44(37)45-38(51)22-17-29-19-24-40(47(46)43(29)45)53(39)41-12-8-9-25-49-41/h3-27H,1-2H2. The van der Waals surface area contributed by atoms with Gasteiger partial charge in [-0.15, -0.1) is 0 Å². The van der Waals surface area contributed by atoms with Gasteiger partial charge >= 0.3 is 0 Å². The molecule has 0 radical (unpaired) electrons. The van der Waals surface area contributed by atoms with E-state index >= 15 is 0 Å². The molecule has 0 N–H and O–H groups in total. The first-order valence-corrected chi connectivity index (χ1v) is 17.9. The number of fused-ring (bicyclic) bond motifs is 1. The van der Waals surface area contributed by atoms with Gasteiger partial charge in [0.1, 0.15) is 11.6 Å². The van der Waals surface area contributed by atoms with Crippen molar-refractivity contribution in [1.82, 2.24) is 23.7 Å². The number of nitrogens with zero attached hydrogens (tertiary/aromatic N) is 5. The maximum absolute atomic E-state index is 5.03. The Morgan fingerprint density at radius 3 is 1.64 bits per heavy atom. The Morgan fingerprint density at radius 2 is 1.04 bits per heavy atom. The number of hydrogen-bond acceptors (Lipinski definition) is 2. The van der Waals surface area contributed by atoms with Gasteiger partial charge in [0.2, 0.25) is 0 Å². The van der Waals surface area contributed by atoms with Crippen LogP contribution in [-0.4, -0.2) is 23.7 Å². The maximum Gasteiger partial charge on any atom is 0.145 e. The molecular weight excluding hydrogens is 647 g/mol. The van der Waals surface area contributed by atoms with Gasteiger partial charge in [-0.05, 0) is 100 Å². The fraction of sp³-hybridized carbons (Fsp3) is 0. The molecule has 5 nitrogen and oxygen atoms in total. The molecule has 4 heterocycles. The minimum atomic E-state index is 0.813. The lowest BCUT2D eigenvalue weighted by Gasteiger charge is -2.13. The summed E-state index contributed by atoms with van der Waals surface area (Å²) in [6.07, 6.45) is 5.54. The van der Waals surface area contributed by atoms with Crippen LogP contribution in [0.4, 0.5) is 0 Å². The number of aromatic nitrogens is 5. The van der Waals surface area contributed by atoms with Crippen LogP contribution in [0.25, 0.3) is 117 Å². The predicted octanol–water partition coefficient (Wildman–Crippen LogP) is 12.2. The predicted molar refractivity (Wildman–Crippen MR) is 222 cm³/mol. The molecule has 0 amide bonds. The molecule has 12 aromatic rings. The maximum atomic E-state index is 5.03. The summed E-state index contributed by atoms with van der Waals surface area (Å²) < 4.78 is 6.96. The van der Waals surface area contributed by atoms with Crippen LogP contribution in [0, 0.1) is 0 Å². The molecule has 246 valence electrons. The lowest BCUT2D eigenvalue weighted by atomic mass is 9.90. The first kappa shape index (κ1) is 28.5. The van der Waals surface area contributed by atoms with Crippen molar-refractivity contribution < 1.29 is 0 Å². The van der Waals surface area contributed by atoms with Gasteiger partial charge in [0.05, 0.1) is 33.5 Å². The first-order chi connectivity index (χ1) is 26.2.